The van der Waals surface area contributed by atoms with Crippen LogP contribution in [0.15, 0.2) is 24.3 Å². The van der Waals surface area contributed by atoms with E-state index in [2.05, 4.69) is 30.6 Å². The molecule has 0 radical (unpaired) electrons. The number of amides is 1. The van der Waals surface area contributed by atoms with Crippen LogP contribution in [0.4, 0.5) is 11.4 Å². The van der Waals surface area contributed by atoms with Crippen molar-refractivity contribution >= 4 is 17.3 Å². The molecular formula is C15H21N3O. The number of nitrogens with one attached hydrogen (secondary N) is 2. The molecule has 102 valence electrons. The highest BCUT2D eigenvalue weighted by molar-refractivity contribution is 5.88. The minimum atomic E-state index is -0.0710. The molecule has 0 aromatic heterocycles. The van der Waals surface area contributed by atoms with Crippen LogP contribution in [0.3, 0.4) is 0 Å². The summed E-state index contributed by atoms with van der Waals surface area (Å²) in [6, 6.07) is 9.79. The van der Waals surface area contributed by atoms with Crippen LogP contribution >= 0.6 is 0 Å². The van der Waals surface area contributed by atoms with Crippen LogP contribution < -0.4 is 10.6 Å². The number of hydrogen-bond acceptors (Lipinski definition) is 3. The molecular weight excluding hydrogens is 238 g/mol. The van der Waals surface area contributed by atoms with Crippen molar-refractivity contribution < 1.29 is 4.79 Å². The van der Waals surface area contributed by atoms with E-state index in [-0.39, 0.29) is 11.3 Å². The molecule has 0 heterocycles. The molecule has 4 heteroatoms. The Kier molecular flexibility index (Phi) is 5.37. The Bertz CT molecular complexity index is 457. The molecule has 0 aliphatic heterocycles. The van der Waals surface area contributed by atoms with Gasteiger partial charge < -0.3 is 10.6 Å². The van der Waals surface area contributed by atoms with Crippen LogP contribution in [0.2, 0.25) is 0 Å². The van der Waals surface area contributed by atoms with Gasteiger partial charge in [-0.25, -0.2) is 0 Å². The van der Waals surface area contributed by atoms with Crippen molar-refractivity contribution in [3.8, 4) is 6.07 Å². The van der Waals surface area contributed by atoms with Gasteiger partial charge in [-0.2, -0.15) is 5.26 Å². The first-order chi connectivity index (χ1) is 8.93. The molecule has 4 nitrogen and oxygen atoms in total. The van der Waals surface area contributed by atoms with Crippen LogP contribution in [-0.4, -0.2) is 12.5 Å². The lowest BCUT2D eigenvalue weighted by molar-refractivity contribution is -0.114. The maximum absolute atomic E-state index is 10.9. The minimum Gasteiger partial charge on any atom is -0.385 e. The molecule has 1 aromatic rings. The number of hydrogen-bond donors (Lipinski definition) is 2. The lowest BCUT2D eigenvalue weighted by Crippen LogP contribution is -2.22. The Morgan fingerprint density at radius 2 is 1.84 bits per heavy atom. The third-order valence-corrected chi connectivity index (χ3v) is 2.89. The maximum Gasteiger partial charge on any atom is 0.221 e. The van der Waals surface area contributed by atoms with E-state index in [1.165, 1.54) is 6.92 Å². The fraction of sp³-hybridized carbons (Fsp3) is 0.467. The summed E-state index contributed by atoms with van der Waals surface area (Å²) < 4.78 is 0. The zero-order valence-electron chi connectivity index (χ0n) is 11.8. The largest absolute Gasteiger partial charge is 0.385 e. The van der Waals surface area contributed by atoms with Gasteiger partial charge in [0, 0.05) is 31.3 Å². The summed E-state index contributed by atoms with van der Waals surface area (Å²) in [7, 11) is 0. The fourth-order valence-corrected chi connectivity index (χ4v) is 1.70. The maximum atomic E-state index is 10.9. The Labute approximate surface area is 114 Å². The van der Waals surface area contributed by atoms with Crippen molar-refractivity contribution in [1.82, 2.24) is 0 Å². The van der Waals surface area contributed by atoms with Gasteiger partial charge in [-0.15, -0.1) is 0 Å². The van der Waals surface area contributed by atoms with E-state index in [0.29, 0.717) is 6.42 Å². The van der Waals surface area contributed by atoms with Crippen molar-refractivity contribution in [2.45, 2.75) is 33.6 Å². The minimum absolute atomic E-state index is 0.0710. The standard InChI is InChI=1S/C15H21N3O/c1-12(19)18-14-7-5-13(6-8-14)17-11-15(2,3)9-4-10-16/h5-8,17H,4,9,11H2,1-3H3,(H,18,19). The van der Waals surface area contributed by atoms with Gasteiger partial charge in [0.2, 0.25) is 5.91 Å². The van der Waals surface area contributed by atoms with E-state index in [0.717, 1.165) is 24.3 Å². The number of nitrogens with zero attached hydrogens (tertiary/aromatic N) is 1. The first kappa shape index (κ1) is 15.0. The van der Waals surface area contributed by atoms with Gasteiger partial charge in [0.1, 0.15) is 0 Å². The highest BCUT2D eigenvalue weighted by atomic mass is 16.1. The number of carbonyl (C=O) groups is 1. The molecule has 1 amide bonds. The number of benzene rings is 1. The molecule has 1 aromatic carbocycles. The Morgan fingerprint density at radius 3 is 2.37 bits per heavy atom. The van der Waals surface area contributed by atoms with E-state index >= 15 is 0 Å². The molecule has 19 heavy (non-hydrogen) atoms. The quantitative estimate of drug-likeness (QED) is 0.823. The summed E-state index contributed by atoms with van der Waals surface area (Å²) in [6.45, 7) is 6.59. The second kappa shape index (κ2) is 6.79. The van der Waals surface area contributed by atoms with Gasteiger partial charge >= 0.3 is 0 Å². The van der Waals surface area contributed by atoms with Gasteiger partial charge in [-0.1, -0.05) is 13.8 Å². The summed E-state index contributed by atoms with van der Waals surface area (Å²) in [5.74, 6) is -0.0710. The first-order valence-corrected chi connectivity index (χ1v) is 6.41. The Morgan fingerprint density at radius 1 is 1.26 bits per heavy atom. The van der Waals surface area contributed by atoms with Gasteiger partial charge in [-0.3, -0.25) is 4.79 Å². The summed E-state index contributed by atoms with van der Waals surface area (Å²) >= 11 is 0. The highest BCUT2D eigenvalue weighted by Crippen LogP contribution is 2.23. The lowest BCUT2D eigenvalue weighted by Gasteiger charge is -2.24. The topological polar surface area (TPSA) is 64.9 Å². The summed E-state index contributed by atoms with van der Waals surface area (Å²) in [5, 5.41) is 14.7. The van der Waals surface area contributed by atoms with Crippen molar-refractivity contribution in [3.05, 3.63) is 24.3 Å². The molecule has 0 saturated heterocycles. The number of carbonyl (C=O) groups excluding carboxylic acids is 1. The predicted octanol–water partition coefficient (Wildman–Crippen LogP) is 3.39. The van der Waals surface area contributed by atoms with Crippen molar-refractivity contribution in [1.29, 1.82) is 5.26 Å². The summed E-state index contributed by atoms with van der Waals surface area (Å²) in [6.07, 6.45) is 1.45. The van der Waals surface area contributed by atoms with Crippen molar-refractivity contribution in [2.75, 3.05) is 17.2 Å². The van der Waals surface area contributed by atoms with Gasteiger partial charge in [0.25, 0.3) is 0 Å². The van der Waals surface area contributed by atoms with Gasteiger partial charge in [0.15, 0.2) is 0 Å². The molecule has 0 atom stereocenters. The van der Waals surface area contributed by atoms with E-state index in [1.54, 1.807) is 0 Å². The van der Waals surface area contributed by atoms with Crippen LogP contribution in [-0.2, 0) is 4.79 Å². The molecule has 0 unspecified atom stereocenters. The number of rotatable bonds is 6. The second-order valence-electron chi connectivity index (χ2n) is 5.43. The van der Waals surface area contributed by atoms with E-state index in [1.807, 2.05) is 24.3 Å². The third-order valence-electron chi connectivity index (χ3n) is 2.89. The molecule has 0 aliphatic rings. The number of nitriles is 1. The molecule has 0 fully saturated rings. The third kappa shape index (κ3) is 5.91. The molecule has 1 rings (SSSR count). The Balaban J connectivity index is 2.50. The molecule has 0 saturated carbocycles. The van der Waals surface area contributed by atoms with Gasteiger partial charge in [-0.05, 0) is 36.1 Å². The molecule has 0 aliphatic carbocycles. The predicted molar refractivity (Wildman–Crippen MR) is 77.9 cm³/mol. The number of anilines is 2. The van der Waals surface area contributed by atoms with E-state index in [9.17, 15) is 4.79 Å². The van der Waals surface area contributed by atoms with E-state index in [4.69, 9.17) is 5.26 Å². The Hall–Kier alpha value is -2.02. The normalized spacial score (nSPS) is 10.6. The average Bonchev–Trinajstić information content (AvgIpc) is 2.35. The SMILES string of the molecule is CC(=O)Nc1ccc(NCC(C)(C)CCC#N)cc1. The monoisotopic (exact) mass is 259 g/mol. The van der Waals surface area contributed by atoms with Crippen LogP contribution in [0.25, 0.3) is 0 Å². The van der Waals surface area contributed by atoms with E-state index < -0.39 is 0 Å². The van der Waals surface area contributed by atoms with Gasteiger partial charge in [0.05, 0.1) is 6.07 Å². The highest BCUT2D eigenvalue weighted by Gasteiger charge is 2.16. The smallest absolute Gasteiger partial charge is 0.221 e. The molecule has 0 bridgehead atoms. The van der Waals surface area contributed by atoms with Crippen LogP contribution in [0, 0.1) is 16.7 Å². The second-order valence-corrected chi connectivity index (χ2v) is 5.43. The van der Waals surface area contributed by atoms with Crippen LogP contribution in [0.1, 0.15) is 33.6 Å². The van der Waals surface area contributed by atoms with Crippen molar-refractivity contribution in [2.24, 2.45) is 5.41 Å². The average molecular weight is 259 g/mol. The van der Waals surface area contributed by atoms with Crippen molar-refractivity contribution in [3.63, 3.8) is 0 Å². The van der Waals surface area contributed by atoms with Crippen LogP contribution in [0.5, 0.6) is 0 Å². The summed E-state index contributed by atoms with van der Waals surface area (Å²) in [5.41, 5.74) is 1.90. The molecule has 0 spiro atoms. The summed E-state index contributed by atoms with van der Waals surface area (Å²) in [4.78, 5) is 10.9. The zero-order chi connectivity index (χ0) is 14.3. The fourth-order valence-electron chi connectivity index (χ4n) is 1.70. The first-order valence-electron chi connectivity index (χ1n) is 6.41. The zero-order valence-corrected chi connectivity index (χ0v) is 11.8. The molecule has 2 N–H and O–H groups in total. The lowest BCUT2D eigenvalue weighted by atomic mass is 9.88.